The minimum atomic E-state index is -4.74. The molecule has 5 rings (SSSR count). The summed E-state index contributed by atoms with van der Waals surface area (Å²) in [6.45, 7) is 1.62. The van der Waals surface area contributed by atoms with E-state index in [-0.39, 0.29) is 23.2 Å². The molecule has 1 N–H and O–H groups in total. The maximum atomic E-state index is 13.3. The third kappa shape index (κ3) is 4.74. The molecule has 11 heteroatoms. The Morgan fingerprint density at radius 1 is 1.03 bits per heavy atom. The van der Waals surface area contributed by atoms with Crippen molar-refractivity contribution >= 4 is 5.52 Å². The number of likely N-dealkylation sites (tertiary alicyclic amines) is 1. The number of aromatic amines is 1. The number of aromatic nitrogens is 3. The van der Waals surface area contributed by atoms with Gasteiger partial charge in [-0.05, 0) is 48.5 Å². The van der Waals surface area contributed by atoms with Crippen LogP contribution in [0.1, 0.15) is 5.69 Å². The van der Waals surface area contributed by atoms with E-state index in [2.05, 4.69) is 19.6 Å². The zero-order valence-corrected chi connectivity index (χ0v) is 17.6. The monoisotopic (exact) mass is 474 g/mol. The van der Waals surface area contributed by atoms with Crippen molar-refractivity contribution in [2.45, 2.75) is 19.0 Å². The Morgan fingerprint density at radius 3 is 2.38 bits per heavy atom. The van der Waals surface area contributed by atoms with Gasteiger partial charge in [-0.2, -0.15) is 0 Å². The van der Waals surface area contributed by atoms with Crippen LogP contribution in [0.25, 0.3) is 16.9 Å². The van der Waals surface area contributed by atoms with Crippen LogP contribution in [0, 0.1) is 5.82 Å². The largest absolute Gasteiger partial charge is 0.573 e. The summed E-state index contributed by atoms with van der Waals surface area (Å²) in [5.41, 5.74) is 1.45. The second kappa shape index (κ2) is 8.49. The van der Waals surface area contributed by atoms with Crippen molar-refractivity contribution in [1.29, 1.82) is 0 Å². The van der Waals surface area contributed by atoms with Crippen molar-refractivity contribution < 1.29 is 27.0 Å². The SMILES string of the molecule is O=c1[nH]c(CN2CC(Oc3ccc(OC(F)(F)F)cc3)C2)cn2c(-c3ccc(F)cc3)ncc12. The number of fused-ring (bicyclic) bond motifs is 1. The number of H-pyrrole nitrogens is 1. The zero-order valence-electron chi connectivity index (χ0n) is 17.6. The summed E-state index contributed by atoms with van der Waals surface area (Å²) in [7, 11) is 0. The van der Waals surface area contributed by atoms with Crippen molar-refractivity contribution in [2.75, 3.05) is 13.1 Å². The molecule has 0 unspecified atom stereocenters. The van der Waals surface area contributed by atoms with Gasteiger partial charge in [-0.3, -0.25) is 14.1 Å². The third-order valence-electron chi connectivity index (χ3n) is 5.37. The second-order valence-corrected chi connectivity index (χ2v) is 7.91. The van der Waals surface area contributed by atoms with E-state index in [1.54, 1.807) is 22.7 Å². The van der Waals surface area contributed by atoms with Crippen LogP contribution in [0.3, 0.4) is 0 Å². The number of alkyl halides is 3. The molecule has 2 aromatic carbocycles. The molecule has 4 aromatic rings. The van der Waals surface area contributed by atoms with E-state index in [1.807, 2.05) is 0 Å². The molecule has 176 valence electrons. The first-order chi connectivity index (χ1) is 16.2. The molecule has 0 bridgehead atoms. The highest BCUT2D eigenvalue weighted by atomic mass is 19.4. The molecule has 0 amide bonds. The van der Waals surface area contributed by atoms with Gasteiger partial charge < -0.3 is 14.5 Å². The number of hydrogen-bond donors (Lipinski definition) is 1. The quantitative estimate of drug-likeness (QED) is 0.428. The van der Waals surface area contributed by atoms with Gasteiger partial charge in [-0.15, -0.1) is 13.2 Å². The Morgan fingerprint density at radius 2 is 1.71 bits per heavy atom. The molecule has 1 saturated heterocycles. The molecule has 0 saturated carbocycles. The first-order valence-electron chi connectivity index (χ1n) is 10.3. The van der Waals surface area contributed by atoms with Gasteiger partial charge in [0.05, 0.1) is 6.20 Å². The van der Waals surface area contributed by atoms with Crippen LogP contribution in [0.4, 0.5) is 17.6 Å². The fourth-order valence-corrected chi connectivity index (χ4v) is 3.83. The van der Waals surface area contributed by atoms with Crippen LogP contribution in [0.2, 0.25) is 0 Å². The highest BCUT2D eigenvalue weighted by Crippen LogP contribution is 2.26. The van der Waals surface area contributed by atoms with Crippen LogP contribution >= 0.6 is 0 Å². The second-order valence-electron chi connectivity index (χ2n) is 7.91. The summed E-state index contributed by atoms with van der Waals surface area (Å²) in [5, 5.41) is 0. The summed E-state index contributed by atoms with van der Waals surface area (Å²) in [5.74, 6) is 0.304. The smallest absolute Gasteiger partial charge is 0.488 e. The summed E-state index contributed by atoms with van der Waals surface area (Å²) in [4.78, 5) is 21.7. The average molecular weight is 474 g/mol. The number of hydrogen-bond acceptors (Lipinski definition) is 5. The molecular formula is C23H18F4N4O3. The third-order valence-corrected chi connectivity index (χ3v) is 5.37. The highest BCUT2D eigenvalue weighted by Gasteiger charge is 2.31. The van der Waals surface area contributed by atoms with Gasteiger partial charge >= 0.3 is 6.36 Å². The number of benzene rings is 2. The number of ether oxygens (including phenoxy) is 2. The van der Waals surface area contributed by atoms with Gasteiger partial charge in [0.1, 0.15) is 34.8 Å². The van der Waals surface area contributed by atoms with E-state index in [4.69, 9.17) is 4.74 Å². The molecule has 1 fully saturated rings. The van der Waals surface area contributed by atoms with Crippen LogP contribution in [-0.4, -0.2) is 44.8 Å². The maximum Gasteiger partial charge on any atom is 0.573 e. The van der Waals surface area contributed by atoms with E-state index < -0.39 is 6.36 Å². The molecule has 1 aliphatic rings. The lowest BCUT2D eigenvalue weighted by Gasteiger charge is -2.38. The highest BCUT2D eigenvalue weighted by molar-refractivity contribution is 5.61. The van der Waals surface area contributed by atoms with Gasteiger partial charge in [0.25, 0.3) is 5.56 Å². The minimum Gasteiger partial charge on any atom is -0.488 e. The molecular weight excluding hydrogens is 456 g/mol. The summed E-state index contributed by atoms with van der Waals surface area (Å²) in [6.07, 6.45) is -1.61. The van der Waals surface area contributed by atoms with Crippen molar-refractivity contribution in [3.8, 4) is 22.9 Å². The topological polar surface area (TPSA) is 71.9 Å². The van der Waals surface area contributed by atoms with E-state index in [9.17, 15) is 22.4 Å². The van der Waals surface area contributed by atoms with Crippen LogP contribution < -0.4 is 15.0 Å². The Hall–Kier alpha value is -3.86. The lowest BCUT2D eigenvalue weighted by atomic mass is 10.1. The lowest BCUT2D eigenvalue weighted by Crippen LogP contribution is -2.53. The summed E-state index contributed by atoms with van der Waals surface area (Å²) < 4.78 is 61.3. The Labute approximate surface area is 190 Å². The standard InChI is InChI=1S/C23H18F4N4O3/c24-15-3-1-14(2-4-15)21-28-9-20-22(32)29-16(11-31(20)21)10-30-12-19(13-30)33-17-5-7-18(8-6-17)34-23(25,26)27/h1-9,11,19H,10,12-13H2,(H,29,32). The molecule has 3 heterocycles. The van der Waals surface area contributed by atoms with Gasteiger partial charge in [0, 0.05) is 37.1 Å². The molecule has 34 heavy (non-hydrogen) atoms. The van der Waals surface area contributed by atoms with Crippen LogP contribution in [0.5, 0.6) is 11.5 Å². The fraction of sp³-hybridized carbons (Fsp3) is 0.217. The van der Waals surface area contributed by atoms with E-state index >= 15 is 0 Å². The zero-order chi connectivity index (χ0) is 23.9. The minimum absolute atomic E-state index is 0.132. The van der Waals surface area contributed by atoms with Crippen molar-refractivity contribution in [2.24, 2.45) is 0 Å². The molecule has 0 radical (unpaired) electrons. The Kier molecular flexibility index (Phi) is 5.48. The molecule has 0 spiro atoms. The van der Waals surface area contributed by atoms with E-state index in [0.29, 0.717) is 48.0 Å². The Balaban J connectivity index is 1.22. The van der Waals surface area contributed by atoms with Gasteiger partial charge in [0.2, 0.25) is 0 Å². The van der Waals surface area contributed by atoms with Gasteiger partial charge in [-0.25, -0.2) is 9.37 Å². The lowest BCUT2D eigenvalue weighted by molar-refractivity contribution is -0.274. The first-order valence-corrected chi connectivity index (χ1v) is 10.3. The molecule has 7 nitrogen and oxygen atoms in total. The van der Waals surface area contributed by atoms with Crippen LogP contribution in [-0.2, 0) is 6.54 Å². The molecule has 1 aliphatic heterocycles. The van der Waals surface area contributed by atoms with E-state index in [1.165, 1.54) is 42.6 Å². The first kappa shape index (κ1) is 22.0. The molecule has 0 atom stereocenters. The molecule has 2 aromatic heterocycles. The summed E-state index contributed by atoms with van der Waals surface area (Å²) >= 11 is 0. The number of halogens is 4. The van der Waals surface area contributed by atoms with Crippen molar-refractivity contribution in [3.63, 3.8) is 0 Å². The number of nitrogens with zero attached hydrogens (tertiary/aromatic N) is 3. The molecule has 0 aliphatic carbocycles. The fourth-order valence-electron chi connectivity index (χ4n) is 3.83. The predicted molar refractivity (Wildman–Crippen MR) is 114 cm³/mol. The average Bonchev–Trinajstić information content (AvgIpc) is 3.17. The Bertz CT molecular complexity index is 1360. The summed E-state index contributed by atoms with van der Waals surface area (Å²) in [6, 6.07) is 11.1. The van der Waals surface area contributed by atoms with Crippen molar-refractivity contribution in [1.82, 2.24) is 19.3 Å². The maximum absolute atomic E-state index is 13.3. The predicted octanol–water partition coefficient (Wildman–Crippen LogP) is 3.99. The van der Waals surface area contributed by atoms with Crippen LogP contribution in [0.15, 0.2) is 65.7 Å². The number of imidazole rings is 1. The van der Waals surface area contributed by atoms with Gasteiger partial charge in [-0.1, -0.05) is 0 Å². The number of rotatable bonds is 6. The van der Waals surface area contributed by atoms with Gasteiger partial charge in [0.15, 0.2) is 0 Å². The number of nitrogens with one attached hydrogen (secondary N) is 1. The van der Waals surface area contributed by atoms with Crippen molar-refractivity contribution in [3.05, 3.63) is 82.8 Å². The van der Waals surface area contributed by atoms with E-state index in [0.717, 1.165) is 0 Å². The normalized spacial score (nSPS) is 14.8.